The Balaban J connectivity index is 1.20. The van der Waals surface area contributed by atoms with Gasteiger partial charge in [0.2, 0.25) is 0 Å². The molecule has 1 spiro atoms. The Morgan fingerprint density at radius 2 is 1.90 bits per heavy atom. The summed E-state index contributed by atoms with van der Waals surface area (Å²) < 4.78 is 0. The molecule has 0 amide bonds. The summed E-state index contributed by atoms with van der Waals surface area (Å²) in [6.45, 7) is 1.22. The summed E-state index contributed by atoms with van der Waals surface area (Å²) in [5.74, 6) is 3.29. The Labute approximate surface area is 128 Å². The van der Waals surface area contributed by atoms with Crippen LogP contribution in [0.1, 0.15) is 50.5 Å². The van der Waals surface area contributed by atoms with Crippen LogP contribution in [0.15, 0.2) is 30.3 Å². The first-order valence-electron chi connectivity index (χ1n) is 9.07. The zero-order valence-corrected chi connectivity index (χ0v) is 13.0. The van der Waals surface area contributed by atoms with Crippen molar-refractivity contribution in [2.45, 2.75) is 56.9 Å². The molecule has 4 aliphatic rings. The van der Waals surface area contributed by atoms with Crippen molar-refractivity contribution in [3.8, 4) is 0 Å². The number of hydrogen-bond acceptors (Lipinski definition) is 1. The van der Waals surface area contributed by atoms with E-state index in [1.807, 2.05) is 0 Å². The van der Waals surface area contributed by atoms with Crippen LogP contribution in [-0.4, -0.2) is 12.1 Å². The lowest BCUT2D eigenvalue weighted by atomic mass is 9.56. The maximum Gasteiger partial charge on any atom is 0.0192 e. The molecule has 0 saturated heterocycles. The van der Waals surface area contributed by atoms with E-state index < -0.39 is 0 Å². The van der Waals surface area contributed by atoms with Crippen LogP contribution in [0.4, 0.5) is 0 Å². The van der Waals surface area contributed by atoms with E-state index in [4.69, 9.17) is 0 Å². The van der Waals surface area contributed by atoms with Crippen molar-refractivity contribution >= 4 is 0 Å². The number of nitrogens with one attached hydrogen (secondary N) is 1. The quantitative estimate of drug-likeness (QED) is 0.798. The second kappa shape index (κ2) is 4.35. The predicted octanol–water partition coefficient (Wildman–Crippen LogP) is 4.18. The van der Waals surface area contributed by atoms with Gasteiger partial charge in [-0.15, -0.1) is 0 Å². The van der Waals surface area contributed by atoms with Gasteiger partial charge >= 0.3 is 0 Å². The SMILES string of the molecule is c1ccc(CCCNC23CC4CC5CC(C2)C5(C4)C3)cc1. The fourth-order valence-corrected chi connectivity index (χ4v) is 6.86. The van der Waals surface area contributed by atoms with Crippen LogP contribution in [0.5, 0.6) is 0 Å². The second-order valence-corrected chi connectivity index (χ2v) is 8.55. The van der Waals surface area contributed by atoms with Crippen molar-refractivity contribution in [1.82, 2.24) is 5.32 Å². The summed E-state index contributed by atoms with van der Waals surface area (Å²) >= 11 is 0. The van der Waals surface area contributed by atoms with Gasteiger partial charge in [0.15, 0.2) is 0 Å². The molecule has 5 rings (SSSR count). The third-order valence-corrected chi connectivity index (χ3v) is 7.45. The van der Waals surface area contributed by atoms with Crippen molar-refractivity contribution in [2.24, 2.45) is 23.2 Å². The van der Waals surface area contributed by atoms with E-state index in [1.54, 1.807) is 19.3 Å². The van der Waals surface area contributed by atoms with Gasteiger partial charge < -0.3 is 5.32 Å². The number of benzene rings is 1. The average molecular weight is 281 g/mol. The Morgan fingerprint density at radius 3 is 2.81 bits per heavy atom. The molecular weight excluding hydrogens is 254 g/mol. The first-order valence-corrected chi connectivity index (χ1v) is 9.07. The molecule has 4 aliphatic carbocycles. The minimum atomic E-state index is 0.551. The molecule has 21 heavy (non-hydrogen) atoms. The Hall–Kier alpha value is -0.820. The minimum absolute atomic E-state index is 0.551. The van der Waals surface area contributed by atoms with Gasteiger partial charge in [0, 0.05) is 5.54 Å². The molecule has 1 N–H and O–H groups in total. The highest BCUT2D eigenvalue weighted by Gasteiger charge is 2.70. The Kier molecular flexibility index (Phi) is 2.63. The predicted molar refractivity (Wildman–Crippen MR) is 86.1 cm³/mol. The molecule has 3 bridgehead atoms. The van der Waals surface area contributed by atoms with Gasteiger partial charge in [-0.1, -0.05) is 30.3 Å². The van der Waals surface area contributed by atoms with Gasteiger partial charge in [-0.05, 0) is 86.6 Å². The van der Waals surface area contributed by atoms with Gasteiger partial charge in [-0.25, -0.2) is 0 Å². The molecule has 112 valence electrons. The van der Waals surface area contributed by atoms with E-state index >= 15 is 0 Å². The summed E-state index contributed by atoms with van der Waals surface area (Å²) in [6.07, 6.45) is 11.8. The summed E-state index contributed by atoms with van der Waals surface area (Å²) in [6, 6.07) is 11.0. The normalized spacial score (nSPS) is 45.6. The van der Waals surface area contributed by atoms with Crippen molar-refractivity contribution < 1.29 is 0 Å². The molecular formula is C20H27N. The fraction of sp³-hybridized carbons (Fsp3) is 0.700. The Morgan fingerprint density at radius 1 is 1.00 bits per heavy atom. The molecule has 4 saturated carbocycles. The molecule has 0 radical (unpaired) electrons. The highest BCUT2D eigenvalue weighted by atomic mass is 15.0. The molecule has 4 fully saturated rings. The van der Waals surface area contributed by atoms with Crippen molar-refractivity contribution in [3.05, 3.63) is 35.9 Å². The first kappa shape index (κ1) is 12.7. The largest absolute Gasteiger partial charge is 0.311 e. The monoisotopic (exact) mass is 281 g/mol. The maximum absolute atomic E-state index is 4.05. The minimum Gasteiger partial charge on any atom is -0.311 e. The molecule has 1 nitrogen and oxygen atoms in total. The van der Waals surface area contributed by atoms with Crippen LogP contribution >= 0.6 is 0 Å². The summed E-state index contributed by atoms with van der Waals surface area (Å²) in [5.41, 5.74) is 2.87. The van der Waals surface area contributed by atoms with E-state index in [-0.39, 0.29) is 0 Å². The van der Waals surface area contributed by atoms with Crippen molar-refractivity contribution in [3.63, 3.8) is 0 Å². The first-order chi connectivity index (χ1) is 10.3. The van der Waals surface area contributed by atoms with Crippen LogP contribution in [0.25, 0.3) is 0 Å². The molecule has 5 atom stereocenters. The van der Waals surface area contributed by atoms with Crippen molar-refractivity contribution in [1.29, 1.82) is 0 Å². The van der Waals surface area contributed by atoms with Gasteiger partial charge in [0.25, 0.3) is 0 Å². The van der Waals surface area contributed by atoms with Crippen LogP contribution < -0.4 is 5.32 Å². The van der Waals surface area contributed by atoms with E-state index in [9.17, 15) is 0 Å². The van der Waals surface area contributed by atoms with E-state index in [0.29, 0.717) is 5.54 Å². The third kappa shape index (κ3) is 1.79. The topological polar surface area (TPSA) is 12.0 Å². The van der Waals surface area contributed by atoms with E-state index in [1.165, 1.54) is 44.2 Å². The lowest BCUT2D eigenvalue weighted by Crippen LogP contribution is -2.47. The summed E-state index contributed by atoms with van der Waals surface area (Å²) in [7, 11) is 0. The zero-order valence-electron chi connectivity index (χ0n) is 13.0. The number of hydrogen-bond donors (Lipinski definition) is 1. The van der Waals surface area contributed by atoms with Gasteiger partial charge in [-0.2, -0.15) is 0 Å². The van der Waals surface area contributed by atoms with Crippen LogP contribution in [0.3, 0.4) is 0 Å². The molecule has 1 aromatic carbocycles. The molecule has 0 heterocycles. The second-order valence-electron chi connectivity index (χ2n) is 8.55. The summed E-state index contributed by atoms with van der Waals surface area (Å²) in [5, 5.41) is 4.05. The van der Waals surface area contributed by atoms with Crippen LogP contribution in [0.2, 0.25) is 0 Å². The van der Waals surface area contributed by atoms with E-state index in [0.717, 1.165) is 23.2 Å². The molecule has 0 aromatic heterocycles. The third-order valence-electron chi connectivity index (χ3n) is 7.45. The maximum atomic E-state index is 4.05. The average Bonchev–Trinajstić information content (AvgIpc) is 2.81. The number of aryl methyl sites for hydroxylation is 1. The lowest BCUT2D eigenvalue weighted by Gasteiger charge is -2.49. The molecule has 1 aromatic rings. The molecule has 5 unspecified atom stereocenters. The smallest absolute Gasteiger partial charge is 0.0192 e. The lowest BCUT2D eigenvalue weighted by molar-refractivity contribution is -0.000779. The Bertz CT molecular complexity index is 534. The zero-order chi connectivity index (χ0) is 13.9. The number of fused-ring (bicyclic) bond motifs is 2. The highest BCUT2D eigenvalue weighted by molar-refractivity contribution is 5.23. The molecule has 0 aliphatic heterocycles. The summed E-state index contributed by atoms with van der Waals surface area (Å²) in [4.78, 5) is 0. The van der Waals surface area contributed by atoms with Crippen LogP contribution in [0, 0.1) is 23.2 Å². The van der Waals surface area contributed by atoms with Gasteiger partial charge in [0.05, 0.1) is 0 Å². The van der Waals surface area contributed by atoms with Crippen molar-refractivity contribution in [2.75, 3.05) is 6.54 Å². The fourth-order valence-electron chi connectivity index (χ4n) is 6.86. The van der Waals surface area contributed by atoms with Crippen LogP contribution in [-0.2, 0) is 6.42 Å². The number of rotatable bonds is 5. The van der Waals surface area contributed by atoms with Gasteiger partial charge in [-0.3, -0.25) is 0 Å². The standard InChI is InChI=1S/C20H27N/c1-2-5-15(6-3-1)7-4-8-21-19-11-16-9-17-10-18(13-19)20(17,12-16)14-19/h1-3,5-6,16-18,21H,4,7-14H2. The molecule has 1 heteroatoms. The van der Waals surface area contributed by atoms with Gasteiger partial charge in [0.1, 0.15) is 0 Å². The highest BCUT2D eigenvalue weighted by Crippen LogP contribution is 2.76. The van der Waals surface area contributed by atoms with E-state index in [2.05, 4.69) is 35.6 Å².